The normalized spacial score (nSPS) is 18.6. The molecule has 1 aliphatic rings. The van der Waals surface area contributed by atoms with Crippen molar-refractivity contribution in [3.63, 3.8) is 0 Å². The molecule has 1 aromatic carbocycles. The number of phenols is 1. The van der Waals surface area contributed by atoms with Crippen LogP contribution in [0, 0.1) is 0 Å². The molecule has 1 N–H and O–H groups in total. The van der Waals surface area contributed by atoms with Gasteiger partial charge in [0.05, 0.1) is 4.91 Å². The number of amidine groups is 1. The van der Waals surface area contributed by atoms with Crippen LogP contribution in [0.15, 0.2) is 58.6 Å². The Morgan fingerprint density at radius 3 is 2.61 bits per heavy atom. The average molecular weight is 325 g/mol. The molecule has 1 amide bonds. The van der Waals surface area contributed by atoms with Crippen LogP contribution >= 0.6 is 11.8 Å². The number of amides is 1. The number of nitrogens with zero attached hydrogens (tertiary/aromatic N) is 3. The van der Waals surface area contributed by atoms with Crippen molar-refractivity contribution >= 4 is 34.2 Å². The number of carbonyl (C=O) groups is 1. The number of allylic oxidation sites excluding steroid dienone is 1. The van der Waals surface area contributed by atoms with Gasteiger partial charge in [0.15, 0.2) is 11.0 Å². The summed E-state index contributed by atoms with van der Waals surface area (Å²) in [4.78, 5) is 23.2. The van der Waals surface area contributed by atoms with Gasteiger partial charge in [0.25, 0.3) is 5.91 Å². The van der Waals surface area contributed by atoms with Gasteiger partial charge in [-0.05, 0) is 54.1 Å². The molecule has 0 saturated carbocycles. The van der Waals surface area contributed by atoms with Gasteiger partial charge in [-0.2, -0.15) is 0 Å². The molecular weight excluding hydrogens is 310 g/mol. The Kier molecular flexibility index (Phi) is 4.16. The lowest BCUT2D eigenvalue weighted by atomic mass is 10.1. The fourth-order valence-electron chi connectivity index (χ4n) is 2.14. The highest BCUT2D eigenvalue weighted by molar-refractivity contribution is 8.18. The number of rotatable bonds is 2. The summed E-state index contributed by atoms with van der Waals surface area (Å²) in [6.07, 6.45) is 1.67. The second kappa shape index (κ2) is 6.26. The zero-order chi connectivity index (χ0) is 16.4. The number of pyridine rings is 1. The van der Waals surface area contributed by atoms with E-state index < -0.39 is 0 Å². The largest absolute Gasteiger partial charge is 0.508 e. The molecule has 1 aliphatic heterocycles. The van der Waals surface area contributed by atoms with Crippen LogP contribution in [0.3, 0.4) is 0 Å². The van der Waals surface area contributed by atoms with Crippen LogP contribution in [0.2, 0.25) is 0 Å². The number of aromatic nitrogens is 1. The van der Waals surface area contributed by atoms with Crippen molar-refractivity contribution in [1.29, 1.82) is 0 Å². The molecule has 6 heteroatoms. The van der Waals surface area contributed by atoms with E-state index >= 15 is 0 Å². The van der Waals surface area contributed by atoms with Gasteiger partial charge in [0, 0.05) is 13.2 Å². The monoisotopic (exact) mass is 325 g/mol. The maximum atomic E-state index is 12.5. The van der Waals surface area contributed by atoms with Gasteiger partial charge in [-0.25, -0.2) is 9.98 Å². The lowest BCUT2D eigenvalue weighted by molar-refractivity contribution is -0.121. The molecule has 3 rings (SSSR count). The smallest absolute Gasteiger partial charge is 0.266 e. The molecule has 2 heterocycles. The summed E-state index contributed by atoms with van der Waals surface area (Å²) in [7, 11) is 1.70. The maximum Gasteiger partial charge on any atom is 0.266 e. The molecule has 1 fully saturated rings. The second-order valence-electron chi connectivity index (χ2n) is 5.05. The zero-order valence-corrected chi connectivity index (χ0v) is 13.5. The number of hydrogen-bond donors (Lipinski definition) is 1. The summed E-state index contributed by atoms with van der Waals surface area (Å²) < 4.78 is 0. The molecule has 0 radical (unpaired) electrons. The number of carbonyl (C=O) groups excluding carboxylic acids is 1. The Morgan fingerprint density at radius 1 is 1.22 bits per heavy atom. The van der Waals surface area contributed by atoms with Crippen molar-refractivity contribution in [3.8, 4) is 5.75 Å². The van der Waals surface area contributed by atoms with E-state index in [1.807, 2.05) is 19.1 Å². The van der Waals surface area contributed by atoms with Crippen molar-refractivity contribution in [2.75, 3.05) is 7.05 Å². The van der Waals surface area contributed by atoms with Crippen LogP contribution in [0.5, 0.6) is 5.75 Å². The van der Waals surface area contributed by atoms with Gasteiger partial charge in [0.1, 0.15) is 5.75 Å². The van der Waals surface area contributed by atoms with E-state index in [0.717, 1.165) is 11.1 Å². The number of aromatic hydroxyl groups is 1. The number of benzene rings is 1. The zero-order valence-electron chi connectivity index (χ0n) is 12.7. The lowest BCUT2D eigenvalue weighted by Gasteiger charge is -2.07. The SMILES string of the molecule is C/C(=C1/S/C(=N/c2ccccn2)N(C)C1=O)c1ccc(O)cc1. The second-order valence-corrected chi connectivity index (χ2v) is 6.03. The fourth-order valence-corrected chi connectivity index (χ4v) is 3.17. The third-order valence-corrected chi connectivity index (χ3v) is 4.71. The van der Waals surface area contributed by atoms with Crippen molar-refractivity contribution in [2.24, 2.45) is 4.99 Å². The molecule has 0 unspecified atom stereocenters. The van der Waals surface area contributed by atoms with Crippen LogP contribution in [-0.2, 0) is 4.79 Å². The van der Waals surface area contributed by atoms with E-state index in [9.17, 15) is 9.90 Å². The molecule has 116 valence electrons. The highest BCUT2D eigenvalue weighted by atomic mass is 32.2. The molecule has 0 atom stereocenters. The van der Waals surface area contributed by atoms with E-state index in [1.165, 1.54) is 16.7 Å². The highest BCUT2D eigenvalue weighted by Gasteiger charge is 2.32. The first kappa shape index (κ1) is 15.3. The lowest BCUT2D eigenvalue weighted by Crippen LogP contribution is -2.23. The fraction of sp³-hybridized carbons (Fsp3) is 0.118. The minimum Gasteiger partial charge on any atom is -0.508 e. The Morgan fingerprint density at radius 2 is 1.96 bits per heavy atom. The summed E-state index contributed by atoms with van der Waals surface area (Å²) in [5.74, 6) is 0.680. The van der Waals surface area contributed by atoms with E-state index in [0.29, 0.717) is 15.9 Å². The van der Waals surface area contributed by atoms with Crippen LogP contribution in [0.4, 0.5) is 5.82 Å². The van der Waals surface area contributed by atoms with Crippen molar-refractivity contribution in [3.05, 3.63) is 59.1 Å². The van der Waals surface area contributed by atoms with Gasteiger partial charge in [-0.1, -0.05) is 18.2 Å². The summed E-state index contributed by atoms with van der Waals surface area (Å²) in [6, 6.07) is 12.3. The van der Waals surface area contributed by atoms with Gasteiger partial charge < -0.3 is 5.11 Å². The number of hydrogen-bond acceptors (Lipinski definition) is 5. The molecule has 1 saturated heterocycles. The number of thioether (sulfide) groups is 1. The standard InChI is InChI=1S/C17H15N3O2S/c1-11(12-6-8-13(21)9-7-12)15-16(22)20(2)17(23-15)19-14-5-3-4-10-18-14/h3-10,21H,1-2H3/b15-11-,19-17+. The highest BCUT2D eigenvalue weighted by Crippen LogP contribution is 2.36. The Bertz CT molecular complexity index is 798. The molecule has 1 aromatic heterocycles. The van der Waals surface area contributed by atoms with Crippen molar-refractivity contribution in [1.82, 2.24) is 9.88 Å². The minimum absolute atomic E-state index is 0.0877. The maximum absolute atomic E-state index is 12.5. The average Bonchev–Trinajstić information content (AvgIpc) is 2.84. The number of aliphatic imine (C=N–C) groups is 1. The van der Waals surface area contributed by atoms with E-state index in [2.05, 4.69) is 9.98 Å². The quantitative estimate of drug-likeness (QED) is 0.859. The summed E-state index contributed by atoms with van der Waals surface area (Å²) in [6.45, 7) is 1.89. The predicted octanol–water partition coefficient (Wildman–Crippen LogP) is 3.41. The first-order valence-corrected chi connectivity index (χ1v) is 7.84. The predicted molar refractivity (Wildman–Crippen MR) is 92.4 cm³/mol. The molecular formula is C17H15N3O2S. The van der Waals surface area contributed by atoms with Gasteiger partial charge in [-0.3, -0.25) is 9.69 Å². The molecule has 0 aliphatic carbocycles. The number of likely N-dealkylation sites (N-methyl/N-ethyl adjacent to an activating group) is 1. The van der Waals surface area contributed by atoms with Crippen molar-refractivity contribution < 1.29 is 9.90 Å². The van der Waals surface area contributed by atoms with Gasteiger partial charge in [-0.15, -0.1) is 0 Å². The van der Waals surface area contributed by atoms with Crippen LogP contribution in [0.1, 0.15) is 12.5 Å². The van der Waals surface area contributed by atoms with Gasteiger partial charge in [0.2, 0.25) is 0 Å². The van der Waals surface area contributed by atoms with E-state index in [1.54, 1.807) is 43.6 Å². The third-order valence-electron chi connectivity index (χ3n) is 3.48. The Balaban J connectivity index is 1.96. The summed E-state index contributed by atoms with van der Waals surface area (Å²) in [5, 5.41) is 9.98. The summed E-state index contributed by atoms with van der Waals surface area (Å²) >= 11 is 1.33. The molecule has 0 spiro atoms. The van der Waals surface area contributed by atoms with Crippen LogP contribution in [-0.4, -0.2) is 33.1 Å². The van der Waals surface area contributed by atoms with Gasteiger partial charge >= 0.3 is 0 Å². The molecule has 2 aromatic rings. The Hall–Kier alpha value is -2.60. The first-order valence-electron chi connectivity index (χ1n) is 7.02. The van der Waals surface area contributed by atoms with Crippen LogP contribution < -0.4 is 0 Å². The molecule has 0 bridgehead atoms. The third kappa shape index (κ3) is 3.12. The Labute approximate surface area is 138 Å². The number of phenolic OH excluding ortho intramolecular Hbond substituents is 1. The molecule has 5 nitrogen and oxygen atoms in total. The minimum atomic E-state index is -0.0877. The topological polar surface area (TPSA) is 65.8 Å². The van der Waals surface area contributed by atoms with Crippen molar-refractivity contribution in [2.45, 2.75) is 6.92 Å². The summed E-state index contributed by atoms with van der Waals surface area (Å²) in [5.41, 5.74) is 1.75. The van der Waals surface area contributed by atoms with Crippen LogP contribution in [0.25, 0.3) is 5.57 Å². The first-order chi connectivity index (χ1) is 11.1. The van der Waals surface area contributed by atoms with E-state index in [4.69, 9.17) is 0 Å². The van der Waals surface area contributed by atoms with E-state index in [-0.39, 0.29) is 11.7 Å². The molecule has 23 heavy (non-hydrogen) atoms.